The molecule has 0 bridgehead atoms. The summed E-state index contributed by atoms with van der Waals surface area (Å²) in [5, 5.41) is 0. The van der Waals surface area contributed by atoms with Gasteiger partial charge >= 0.3 is 0 Å². The molecular weight excluding hydrogens is 278 g/mol. The smallest absolute Gasteiger partial charge is 0.0351 e. The second-order valence-electron chi connectivity index (χ2n) is 7.40. The van der Waals surface area contributed by atoms with Crippen molar-refractivity contribution in [2.45, 2.75) is 70.9 Å². The fraction of sp³-hybridized carbons (Fsp3) is 0.684. The Bertz CT molecular complexity index is 412. The quantitative estimate of drug-likeness (QED) is 0.662. The summed E-state index contributed by atoms with van der Waals surface area (Å²) in [6, 6.07) is 9.90. The predicted octanol–water partition coefficient (Wildman–Crippen LogP) is 5.36. The first kappa shape index (κ1) is 16.8. The molecule has 2 heteroatoms. The summed E-state index contributed by atoms with van der Waals surface area (Å²) in [6.07, 6.45) is 6.86. The van der Waals surface area contributed by atoms with E-state index in [1.165, 1.54) is 43.2 Å². The summed E-state index contributed by atoms with van der Waals surface area (Å²) in [6.45, 7) is 8.85. The minimum absolute atomic E-state index is 0.234. The molecule has 118 valence electrons. The summed E-state index contributed by atoms with van der Waals surface area (Å²) in [5.74, 6) is 0.733. The zero-order chi connectivity index (χ0) is 15.3. The first-order valence-electron chi connectivity index (χ1n) is 8.40. The van der Waals surface area contributed by atoms with Gasteiger partial charge in [0, 0.05) is 25.0 Å². The topological polar surface area (TPSA) is 3.24 Å². The SMILES string of the molecule is CC(C)(C)c1ccc(CN(CCCl)C2CCCCC2)cc1. The van der Waals surface area contributed by atoms with Gasteiger partial charge in [-0.05, 0) is 29.4 Å². The second kappa shape index (κ2) is 7.65. The average Bonchev–Trinajstić information content (AvgIpc) is 2.47. The summed E-state index contributed by atoms with van der Waals surface area (Å²) < 4.78 is 0. The van der Waals surface area contributed by atoms with Crippen molar-refractivity contribution in [2.24, 2.45) is 0 Å². The largest absolute Gasteiger partial charge is 0.295 e. The minimum Gasteiger partial charge on any atom is -0.295 e. The Kier molecular flexibility index (Phi) is 6.13. The van der Waals surface area contributed by atoms with Gasteiger partial charge in [0.05, 0.1) is 0 Å². The molecule has 0 aliphatic heterocycles. The molecule has 1 saturated carbocycles. The van der Waals surface area contributed by atoms with E-state index in [9.17, 15) is 0 Å². The highest BCUT2D eigenvalue weighted by atomic mass is 35.5. The molecule has 1 aromatic rings. The zero-order valence-electron chi connectivity index (χ0n) is 13.9. The van der Waals surface area contributed by atoms with Crippen LogP contribution in [0.25, 0.3) is 0 Å². The summed E-state index contributed by atoms with van der Waals surface area (Å²) >= 11 is 6.03. The molecule has 0 unspecified atom stereocenters. The first-order valence-corrected chi connectivity index (χ1v) is 8.93. The maximum Gasteiger partial charge on any atom is 0.0351 e. The van der Waals surface area contributed by atoms with Crippen LogP contribution in [0.1, 0.15) is 64.0 Å². The molecule has 21 heavy (non-hydrogen) atoms. The molecule has 0 radical (unpaired) electrons. The van der Waals surface area contributed by atoms with Gasteiger partial charge in [-0.3, -0.25) is 4.90 Å². The van der Waals surface area contributed by atoms with E-state index in [1.54, 1.807) is 0 Å². The van der Waals surface area contributed by atoms with E-state index in [0.29, 0.717) is 0 Å². The number of benzene rings is 1. The zero-order valence-corrected chi connectivity index (χ0v) is 14.6. The Labute approximate surface area is 135 Å². The highest BCUT2D eigenvalue weighted by molar-refractivity contribution is 6.18. The van der Waals surface area contributed by atoms with Gasteiger partial charge < -0.3 is 0 Å². The van der Waals surface area contributed by atoms with E-state index in [0.717, 1.165) is 25.0 Å². The van der Waals surface area contributed by atoms with Crippen molar-refractivity contribution in [3.05, 3.63) is 35.4 Å². The van der Waals surface area contributed by atoms with Crippen LogP contribution in [-0.2, 0) is 12.0 Å². The minimum atomic E-state index is 0.234. The molecule has 0 spiro atoms. The van der Waals surface area contributed by atoms with E-state index in [2.05, 4.69) is 49.9 Å². The van der Waals surface area contributed by atoms with Gasteiger partial charge in [0.1, 0.15) is 0 Å². The fourth-order valence-electron chi connectivity index (χ4n) is 3.29. The normalized spacial score (nSPS) is 17.4. The van der Waals surface area contributed by atoms with Crippen molar-refractivity contribution in [3.63, 3.8) is 0 Å². The van der Waals surface area contributed by atoms with Crippen LogP contribution in [0.5, 0.6) is 0 Å². The monoisotopic (exact) mass is 307 g/mol. The summed E-state index contributed by atoms with van der Waals surface area (Å²) in [4.78, 5) is 2.60. The van der Waals surface area contributed by atoms with Crippen LogP contribution in [0.3, 0.4) is 0 Å². The molecule has 0 amide bonds. The highest BCUT2D eigenvalue weighted by Gasteiger charge is 2.21. The molecule has 0 atom stereocenters. The van der Waals surface area contributed by atoms with E-state index in [1.807, 2.05) is 0 Å². The summed E-state index contributed by atoms with van der Waals surface area (Å²) in [7, 11) is 0. The average molecular weight is 308 g/mol. The molecule has 1 fully saturated rings. The molecule has 1 aliphatic rings. The number of rotatable bonds is 5. The van der Waals surface area contributed by atoms with Gasteiger partial charge in [-0.15, -0.1) is 11.6 Å². The number of halogens is 1. The Morgan fingerprint density at radius 2 is 1.67 bits per heavy atom. The van der Waals surface area contributed by atoms with E-state index in [-0.39, 0.29) is 5.41 Å². The third-order valence-electron chi connectivity index (χ3n) is 4.67. The van der Waals surface area contributed by atoms with Crippen molar-refractivity contribution in [1.29, 1.82) is 0 Å². The fourth-order valence-corrected chi connectivity index (χ4v) is 3.51. The molecule has 0 saturated heterocycles. The Hall–Kier alpha value is -0.530. The molecule has 0 heterocycles. The lowest BCUT2D eigenvalue weighted by molar-refractivity contribution is 0.157. The second-order valence-corrected chi connectivity index (χ2v) is 7.78. The molecular formula is C19H30ClN. The lowest BCUT2D eigenvalue weighted by atomic mass is 9.86. The Morgan fingerprint density at radius 1 is 1.05 bits per heavy atom. The Balaban J connectivity index is 2.02. The first-order chi connectivity index (χ1) is 10.0. The molecule has 0 N–H and O–H groups in total. The molecule has 1 nitrogen and oxygen atoms in total. The van der Waals surface area contributed by atoms with Crippen molar-refractivity contribution < 1.29 is 0 Å². The third-order valence-corrected chi connectivity index (χ3v) is 4.84. The van der Waals surface area contributed by atoms with Crippen LogP contribution in [0.15, 0.2) is 24.3 Å². The molecule has 2 rings (SSSR count). The van der Waals surface area contributed by atoms with E-state index >= 15 is 0 Å². The number of alkyl halides is 1. The lowest BCUT2D eigenvalue weighted by Gasteiger charge is -2.34. The summed E-state index contributed by atoms with van der Waals surface area (Å²) in [5.41, 5.74) is 3.06. The third kappa shape index (κ3) is 5.00. The number of nitrogens with zero attached hydrogens (tertiary/aromatic N) is 1. The van der Waals surface area contributed by atoms with Crippen molar-refractivity contribution in [3.8, 4) is 0 Å². The van der Waals surface area contributed by atoms with Crippen molar-refractivity contribution in [1.82, 2.24) is 4.90 Å². The van der Waals surface area contributed by atoms with Crippen LogP contribution in [0, 0.1) is 0 Å². The van der Waals surface area contributed by atoms with Crippen molar-refractivity contribution >= 4 is 11.6 Å². The maximum absolute atomic E-state index is 6.03. The van der Waals surface area contributed by atoms with Gasteiger partial charge in [-0.25, -0.2) is 0 Å². The molecule has 0 aromatic heterocycles. The van der Waals surface area contributed by atoms with E-state index in [4.69, 9.17) is 11.6 Å². The Morgan fingerprint density at radius 3 is 2.19 bits per heavy atom. The van der Waals surface area contributed by atoms with Gasteiger partial charge in [-0.1, -0.05) is 64.3 Å². The standard InChI is InChI=1S/C19H30ClN/c1-19(2,3)17-11-9-16(10-12-17)15-21(14-13-20)18-7-5-4-6-8-18/h9-12,18H,4-8,13-15H2,1-3H3. The molecule has 1 aliphatic carbocycles. The van der Waals surface area contributed by atoms with E-state index < -0.39 is 0 Å². The van der Waals surface area contributed by atoms with Gasteiger partial charge in [0.15, 0.2) is 0 Å². The van der Waals surface area contributed by atoms with Gasteiger partial charge in [0.2, 0.25) is 0 Å². The van der Waals surface area contributed by atoms with Crippen LogP contribution >= 0.6 is 11.6 Å². The molecule has 1 aromatic carbocycles. The van der Waals surface area contributed by atoms with Crippen molar-refractivity contribution in [2.75, 3.05) is 12.4 Å². The number of hydrogen-bond donors (Lipinski definition) is 0. The maximum atomic E-state index is 6.03. The van der Waals surface area contributed by atoms with Crippen LogP contribution in [0.4, 0.5) is 0 Å². The van der Waals surface area contributed by atoms with Gasteiger partial charge in [0.25, 0.3) is 0 Å². The van der Waals surface area contributed by atoms with Gasteiger partial charge in [-0.2, -0.15) is 0 Å². The van der Waals surface area contributed by atoms with Crippen LogP contribution in [0.2, 0.25) is 0 Å². The lowest BCUT2D eigenvalue weighted by Crippen LogP contribution is -2.37. The van der Waals surface area contributed by atoms with Crippen LogP contribution < -0.4 is 0 Å². The van der Waals surface area contributed by atoms with Crippen LogP contribution in [-0.4, -0.2) is 23.4 Å². The highest BCUT2D eigenvalue weighted by Crippen LogP contribution is 2.26. The number of hydrogen-bond acceptors (Lipinski definition) is 1. The predicted molar refractivity (Wildman–Crippen MR) is 93.1 cm³/mol.